The van der Waals surface area contributed by atoms with Crippen LogP contribution < -0.4 is 14.2 Å². The normalized spacial score (nSPS) is 11.2. The van der Waals surface area contributed by atoms with E-state index in [-0.39, 0.29) is 0 Å². The molecule has 0 atom stereocenters. The average molecular weight is 394 g/mol. The second-order valence-electron chi connectivity index (χ2n) is 7.32. The van der Waals surface area contributed by atoms with Crippen LogP contribution in [0.1, 0.15) is 0 Å². The Kier molecular flexibility index (Phi) is 4.44. The second kappa shape index (κ2) is 7.27. The molecule has 0 aliphatic heterocycles. The summed E-state index contributed by atoms with van der Waals surface area (Å²) in [5, 5.41) is 7.13. The molecular weight excluding hydrogens is 372 g/mol. The van der Waals surface area contributed by atoms with Crippen molar-refractivity contribution in [3.63, 3.8) is 0 Å². The molecule has 3 heteroatoms. The Hall–Kier alpha value is -3.72. The van der Waals surface area contributed by atoms with Crippen LogP contribution >= 0.6 is 0 Å². The molecule has 5 aromatic rings. The molecule has 0 amide bonds. The van der Waals surface area contributed by atoms with Crippen LogP contribution in [0.15, 0.2) is 78.9 Å². The van der Waals surface area contributed by atoms with E-state index in [1.54, 1.807) is 21.3 Å². The Morgan fingerprint density at radius 3 is 1.50 bits per heavy atom. The maximum atomic E-state index is 5.53. The lowest BCUT2D eigenvalue weighted by Gasteiger charge is -2.14. The van der Waals surface area contributed by atoms with Gasteiger partial charge in [0.2, 0.25) is 0 Å². The van der Waals surface area contributed by atoms with Gasteiger partial charge in [-0.05, 0) is 85.9 Å². The number of methoxy groups -OCH3 is 3. The fourth-order valence-electron chi connectivity index (χ4n) is 4.20. The van der Waals surface area contributed by atoms with Crippen LogP contribution in [0.4, 0.5) is 0 Å². The molecule has 0 radical (unpaired) electrons. The van der Waals surface area contributed by atoms with Crippen molar-refractivity contribution in [1.82, 2.24) is 0 Å². The van der Waals surface area contributed by atoms with Crippen molar-refractivity contribution in [3.8, 4) is 28.4 Å². The molecule has 0 heterocycles. The van der Waals surface area contributed by atoms with Crippen LogP contribution in [0, 0.1) is 0 Å². The number of rotatable bonds is 4. The van der Waals surface area contributed by atoms with Crippen LogP contribution in [0.3, 0.4) is 0 Å². The van der Waals surface area contributed by atoms with E-state index in [2.05, 4.69) is 54.6 Å². The maximum absolute atomic E-state index is 5.53. The highest BCUT2D eigenvalue weighted by molar-refractivity contribution is 6.26. The van der Waals surface area contributed by atoms with E-state index in [0.717, 1.165) is 28.4 Å². The van der Waals surface area contributed by atoms with Crippen molar-refractivity contribution in [2.24, 2.45) is 0 Å². The first kappa shape index (κ1) is 18.3. The minimum absolute atomic E-state index is 0.849. The molecule has 0 unspecified atom stereocenters. The van der Waals surface area contributed by atoms with E-state index >= 15 is 0 Å². The number of hydrogen-bond acceptors (Lipinski definition) is 3. The van der Waals surface area contributed by atoms with Gasteiger partial charge in [0.15, 0.2) is 0 Å². The van der Waals surface area contributed by atoms with Crippen molar-refractivity contribution in [1.29, 1.82) is 0 Å². The smallest absolute Gasteiger partial charge is 0.119 e. The van der Waals surface area contributed by atoms with Gasteiger partial charge in [0.05, 0.1) is 21.3 Å². The van der Waals surface area contributed by atoms with Gasteiger partial charge >= 0.3 is 0 Å². The highest BCUT2D eigenvalue weighted by Crippen LogP contribution is 2.40. The molecule has 5 rings (SSSR count). The third-order valence-corrected chi connectivity index (χ3v) is 5.75. The predicted molar refractivity (Wildman–Crippen MR) is 124 cm³/mol. The van der Waals surface area contributed by atoms with Gasteiger partial charge < -0.3 is 14.2 Å². The molecule has 0 fully saturated rings. The summed E-state index contributed by atoms with van der Waals surface area (Å²) in [5.41, 5.74) is 2.27. The van der Waals surface area contributed by atoms with Crippen LogP contribution in [0.5, 0.6) is 17.2 Å². The highest BCUT2D eigenvalue weighted by Gasteiger charge is 2.12. The molecule has 0 saturated heterocycles. The van der Waals surface area contributed by atoms with Crippen molar-refractivity contribution in [2.75, 3.05) is 21.3 Å². The Morgan fingerprint density at radius 1 is 0.400 bits per heavy atom. The molecule has 30 heavy (non-hydrogen) atoms. The van der Waals surface area contributed by atoms with Crippen LogP contribution in [0.25, 0.3) is 43.4 Å². The third kappa shape index (κ3) is 2.91. The van der Waals surface area contributed by atoms with Gasteiger partial charge in [0, 0.05) is 0 Å². The van der Waals surface area contributed by atoms with Gasteiger partial charge in [-0.25, -0.2) is 0 Å². The first-order valence-corrected chi connectivity index (χ1v) is 9.87. The zero-order valence-corrected chi connectivity index (χ0v) is 17.2. The van der Waals surface area contributed by atoms with E-state index in [1.165, 1.54) is 32.3 Å². The second-order valence-corrected chi connectivity index (χ2v) is 7.32. The first-order chi connectivity index (χ1) is 14.7. The van der Waals surface area contributed by atoms with E-state index in [4.69, 9.17) is 14.2 Å². The Balaban J connectivity index is 1.89. The summed E-state index contributed by atoms with van der Waals surface area (Å²) in [5.74, 6) is 2.55. The monoisotopic (exact) mass is 394 g/mol. The lowest BCUT2D eigenvalue weighted by Crippen LogP contribution is -1.89. The largest absolute Gasteiger partial charge is 0.497 e. The van der Waals surface area contributed by atoms with Gasteiger partial charge in [-0.15, -0.1) is 0 Å². The predicted octanol–water partition coefficient (Wildman–Crippen LogP) is 6.84. The molecule has 0 aliphatic rings. The fourth-order valence-corrected chi connectivity index (χ4v) is 4.20. The molecule has 0 saturated carbocycles. The summed E-state index contributed by atoms with van der Waals surface area (Å²) in [4.78, 5) is 0. The van der Waals surface area contributed by atoms with E-state index < -0.39 is 0 Å². The van der Waals surface area contributed by atoms with Gasteiger partial charge in [0.1, 0.15) is 17.2 Å². The summed E-state index contributed by atoms with van der Waals surface area (Å²) >= 11 is 0. The Bertz CT molecular complexity index is 1400. The van der Waals surface area contributed by atoms with Crippen molar-refractivity contribution >= 4 is 32.3 Å². The molecule has 148 valence electrons. The van der Waals surface area contributed by atoms with Crippen molar-refractivity contribution in [3.05, 3.63) is 78.9 Å². The molecule has 0 aliphatic carbocycles. The van der Waals surface area contributed by atoms with Crippen molar-refractivity contribution < 1.29 is 14.2 Å². The SMILES string of the molecule is COc1cccc(-c2ccc3c4cc(OC)ccc4c4ccc(OC)cc4c3c2)c1. The van der Waals surface area contributed by atoms with E-state index in [0.29, 0.717) is 0 Å². The van der Waals surface area contributed by atoms with Crippen LogP contribution in [0.2, 0.25) is 0 Å². The average Bonchev–Trinajstić information content (AvgIpc) is 2.83. The summed E-state index contributed by atoms with van der Waals surface area (Å²) < 4.78 is 16.4. The zero-order chi connectivity index (χ0) is 20.7. The highest BCUT2D eigenvalue weighted by atomic mass is 16.5. The van der Waals surface area contributed by atoms with Gasteiger partial charge in [0.25, 0.3) is 0 Å². The summed E-state index contributed by atoms with van der Waals surface area (Å²) in [6.07, 6.45) is 0. The molecule has 3 nitrogen and oxygen atoms in total. The molecule has 0 aromatic heterocycles. The zero-order valence-electron chi connectivity index (χ0n) is 17.2. The summed E-state index contributed by atoms with van der Waals surface area (Å²) in [6, 6.07) is 27.3. The van der Waals surface area contributed by atoms with Crippen LogP contribution in [-0.4, -0.2) is 21.3 Å². The molecule has 0 spiro atoms. The lowest BCUT2D eigenvalue weighted by molar-refractivity contribution is 0.415. The minimum Gasteiger partial charge on any atom is -0.497 e. The number of ether oxygens (including phenoxy) is 3. The molecule has 0 N–H and O–H groups in total. The first-order valence-electron chi connectivity index (χ1n) is 9.87. The lowest BCUT2D eigenvalue weighted by atomic mass is 9.91. The van der Waals surface area contributed by atoms with Gasteiger partial charge in [-0.3, -0.25) is 0 Å². The topological polar surface area (TPSA) is 27.7 Å². The fraction of sp³-hybridized carbons (Fsp3) is 0.111. The Labute approximate surface area is 175 Å². The molecular formula is C27H22O3. The minimum atomic E-state index is 0.849. The van der Waals surface area contributed by atoms with E-state index in [9.17, 15) is 0 Å². The summed E-state index contributed by atoms with van der Waals surface area (Å²) in [6.45, 7) is 0. The summed E-state index contributed by atoms with van der Waals surface area (Å²) in [7, 11) is 5.10. The number of benzene rings is 5. The molecule has 0 bridgehead atoms. The maximum Gasteiger partial charge on any atom is 0.119 e. The van der Waals surface area contributed by atoms with Crippen molar-refractivity contribution in [2.45, 2.75) is 0 Å². The quantitative estimate of drug-likeness (QED) is 0.312. The molecule has 5 aromatic carbocycles. The Morgan fingerprint density at radius 2 is 0.867 bits per heavy atom. The van der Waals surface area contributed by atoms with Crippen LogP contribution in [-0.2, 0) is 0 Å². The van der Waals surface area contributed by atoms with Gasteiger partial charge in [-0.1, -0.05) is 36.4 Å². The standard InChI is InChI=1S/C27H22O3/c1-28-19-6-4-5-17(13-19)18-7-10-24-25(14-18)27-16-21(30-3)9-12-23(27)22-11-8-20(29-2)15-26(22)24/h4-16H,1-3H3. The number of hydrogen-bond donors (Lipinski definition) is 0. The number of fused-ring (bicyclic) bond motifs is 6. The third-order valence-electron chi connectivity index (χ3n) is 5.75. The van der Waals surface area contributed by atoms with E-state index in [1.807, 2.05) is 24.3 Å². The van der Waals surface area contributed by atoms with Gasteiger partial charge in [-0.2, -0.15) is 0 Å².